The first-order valence-electron chi connectivity index (χ1n) is 8.35. The van der Waals surface area contributed by atoms with Crippen molar-refractivity contribution < 1.29 is 9.32 Å². The van der Waals surface area contributed by atoms with E-state index in [0.29, 0.717) is 11.7 Å². The number of pyridine rings is 1. The maximum atomic E-state index is 12.0. The second-order valence-electron chi connectivity index (χ2n) is 6.47. The molecule has 0 spiro atoms. The Morgan fingerprint density at radius 1 is 1.46 bits per heavy atom. The summed E-state index contributed by atoms with van der Waals surface area (Å²) in [5.74, 6) is 1.98. The molecule has 0 unspecified atom stereocenters. The molecule has 1 amide bonds. The normalized spacial score (nSPS) is 18.0. The molecule has 2 aromatic heterocycles. The number of amides is 1. The number of anilines is 1. The Morgan fingerprint density at radius 3 is 3.00 bits per heavy atom. The number of carbonyl (C=O) groups excluding carboxylic acids is 1. The van der Waals surface area contributed by atoms with Crippen molar-refractivity contribution in [2.45, 2.75) is 39.7 Å². The molecular weight excluding hydrogens is 306 g/mol. The summed E-state index contributed by atoms with van der Waals surface area (Å²) in [6.07, 6.45) is 3.75. The molecule has 1 saturated heterocycles. The maximum absolute atomic E-state index is 12.0. The lowest BCUT2D eigenvalue weighted by Crippen LogP contribution is -2.49. The van der Waals surface area contributed by atoms with Gasteiger partial charge in [0.2, 0.25) is 5.91 Å². The van der Waals surface area contributed by atoms with Crippen LogP contribution >= 0.6 is 0 Å². The van der Waals surface area contributed by atoms with E-state index in [1.54, 1.807) is 13.1 Å². The highest BCUT2D eigenvalue weighted by atomic mass is 16.5. The van der Waals surface area contributed by atoms with Gasteiger partial charge in [-0.05, 0) is 31.9 Å². The number of carbonyl (C=O) groups is 1. The zero-order chi connectivity index (χ0) is 17.1. The molecule has 0 aromatic carbocycles. The minimum atomic E-state index is -0.00726. The Morgan fingerprint density at radius 2 is 2.29 bits per heavy atom. The molecule has 1 fully saturated rings. The minimum Gasteiger partial charge on any atom is -0.354 e. The van der Waals surface area contributed by atoms with Crippen LogP contribution in [0.1, 0.15) is 32.5 Å². The van der Waals surface area contributed by atoms with E-state index >= 15 is 0 Å². The van der Waals surface area contributed by atoms with Crippen LogP contribution in [0.2, 0.25) is 0 Å². The number of hydrogen-bond donors (Lipinski definition) is 1. The van der Waals surface area contributed by atoms with Crippen LogP contribution in [0, 0.1) is 12.8 Å². The summed E-state index contributed by atoms with van der Waals surface area (Å²) in [5, 5.41) is 6.99. The summed E-state index contributed by atoms with van der Waals surface area (Å²) >= 11 is 0. The molecule has 24 heavy (non-hydrogen) atoms. The Balaban J connectivity index is 1.80. The van der Waals surface area contributed by atoms with Gasteiger partial charge in [-0.1, -0.05) is 19.0 Å². The third kappa shape index (κ3) is 3.55. The topological polar surface area (TPSA) is 84.2 Å². The molecule has 0 saturated carbocycles. The van der Waals surface area contributed by atoms with Gasteiger partial charge in [-0.25, -0.2) is 4.98 Å². The van der Waals surface area contributed by atoms with Gasteiger partial charge in [0.15, 0.2) is 5.82 Å². The number of piperidine rings is 1. The average molecular weight is 329 g/mol. The summed E-state index contributed by atoms with van der Waals surface area (Å²) in [6, 6.07) is 3.93. The monoisotopic (exact) mass is 329 g/mol. The van der Waals surface area contributed by atoms with Crippen molar-refractivity contribution in [2.24, 2.45) is 5.92 Å². The van der Waals surface area contributed by atoms with E-state index in [4.69, 9.17) is 4.52 Å². The van der Waals surface area contributed by atoms with Crippen LogP contribution in [-0.2, 0) is 4.79 Å². The number of hydrogen-bond acceptors (Lipinski definition) is 6. The largest absolute Gasteiger partial charge is 0.354 e. The van der Waals surface area contributed by atoms with E-state index < -0.39 is 0 Å². The Labute approximate surface area is 141 Å². The molecule has 1 atom stereocenters. The van der Waals surface area contributed by atoms with Crippen molar-refractivity contribution in [3.05, 3.63) is 24.2 Å². The Bertz CT molecular complexity index is 713. The zero-order valence-corrected chi connectivity index (χ0v) is 14.3. The Hall–Kier alpha value is -2.44. The predicted octanol–water partition coefficient (Wildman–Crippen LogP) is 2.18. The molecule has 1 aliphatic heterocycles. The average Bonchev–Trinajstić information content (AvgIpc) is 3.01. The summed E-state index contributed by atoms with van der Waals surface area (Å²) in [7, 11) is 0. The van der Waals surface area contributed by atoms with Gasteiger partial charge in [0.1, 0.15) is 5.82 Å². The number of rotatable bonds is 4. The highest BCUT2D eigenvalue weighted by molar-refractivity contribution is 5.78. The molecule has 1 N–H and O–H groups in total. The summed E-state index contributed by atoms with van der Waals surface area (Å²) in [4.78, 5) is 23.0. The second kappa shape index (κ2) is 6.98. The molecular formula is C17H23N5O2. The van der Waals surface area contributed by atoms with Gasteiger partial charge < -0.3 is 14.7 Å². The fourth-order valence-electron chi connectivity index (χ4n) is 2.88. The first-order valence-corrected chi connectivity index (χ1v) is 8.35. The van der Waals surface area contributed by atoms with Gasteiger partial charge in [0, 0.05) is 31.2 Å². The molecule has 7 heteroatoms. The zero-order valence-electron chi connectivity index (χ0n) is 14.3. The van der Waals surface area contributed by atoms with Crippen LogP contribution in [0.5, 0.6) is 0 Å². The number of nitrogens with one attached hydrogen (secondary N) is 1. The van der Waals surface area contributed by atoms with Crippen molar-refractivity contribution in [1.82, 2.24) is 20.4 Å². The lowest BCUT2D eigenvalue weighted by Gasteiger charge is -2.34. The van der Waals surface area contributed by atoms with Gasteiger partial charge in [0.05, 0.1) is 5.56 Å². The van der Waals surface area contributed by atoms with E-state index in [9.17, 15) is 4.79 Å². The highest BCUT2D eigenvalue weighted by Gasteiger charge is 2.26. The highest BCUT2D eigenvalue weighted by Crippen LogP contribution is 2.29. The predicted molar refractivity (Wildman–Crippen MR) is 90.5 cm³/mol. The Kier molecular flexibility index (Phi) is 4.78. The van der Waals surface area contributed by atoms with Gasteiger partial charge in [-0.3, -0.25) is 4.79 Å². The standard InChI is InChI=1S/C17H23N5O2/c1-11(2)16(23)20-13-6-5-9-22(10-13)15-14(7-4-8-18-15)17-19-12(3)21-24-17/h4,7-8,11,13H,5-6,9-10H2,1-3H3,(H,20,23)/t13-/m0/s1. The number of nitrogens with zero attached hydrogens (tertiary/aromatic N) is 4. The smallest absolute Gasteiger partial charge is 0.261 e. The van der Waals surface area contributed by atoms with Crippen LogP contribution in [0.4, 0.5) is 5.82 Å². The fraction of sp³-hybridized carbons (Fsp3) is 0.529. The second-order valence-corrected chi connectivity index (χ2v) is 6.47. The van der Waals surface area contributed by atoms with Crippen molar-refractivity contribution in [3.8, 4) is 11.5 Å². The van der Waals surface area contributed by atoms with Gasteiger partial charge in [-0.2, -0.15) is 4.98 Å². The molecule has 1 aliphatic rings. The van der Waals surface area contributed by atoms with Gasteiger partial charge >= 0.3 is 0 Å². The number of aromatic nitrogens is 3. The third-order valence-electron chi connectivity index (χ3n) is 4.14. The molecule has 0 aliphatic carbocycles. The van der Waals surface area contributed by atoms with Crippen molar-refractivity contribution in [1.29, 1.82) is 0 Å². The van der Waals surface area contributed by atoms with Crippen molar-refractivity contribution in [2.75, 3.05) is 18.0 Å². The molecule has 0 radical (unpaired) electrons. The quantitative estimate of drug-likeness (QED) is 0.925. The molecule has 128 valence electrons. The SMILES string of the molecule is Cc1noc(-c2cccnc2N2CCC[C@H](NC(=O)C(C)C)C2)n1. The molecule has 0 bridgehead atoms. The van der Waals surface area contributed by atoms with Crippen molar-refractivity contribution >= 4 is 11.7 Å². The van der Waals surface area contributed by atoms with E-state index in [0.717, 1.165) is 37.3 Å². The van der Waals surface area contributed by atoms with Crippen molar-refractivity contribution in [3.63, 3.8) is 0 Å². The molecule has 3 heterocycles. The third-order valence-corrected chi connectivity index (χ3v) is 4.14. The van der Waals surface area contributed by atoms with E-state index in [2.05, 4.69) is 25.3 Å². The lowest BCUT2D eigenvalue weighted by atomic mass is 10.0. The summed E-state index contributed by atoms with van der Waals surface area (Å²) in [5.41, 5.74) is 0.828. The number of aryl methyl sites for hydroxylation is 1. The fourth-order valence-corrected chi connectivity index (χ4v) is 2.88. The maximum Gasteiger partial charge on any atom is 0.261 e. The van der Waals surface area contributed by atoms with E-state index in [1.165, 1.54) is 0 Å². The first kappa shape index (κ1) is 16.4. The first-order chi connectivity index (χ1) is 11.5. The molecule has 7 nitrogen and oxygen atoms in total. The van der Waals surface area contributed by atoms with Crippen LogP contribution in [0.25, 0.3) is 11.5 Å². The summed E-state index contributed by atoms with van der Waals surface area (Å²) < 4.78 is 5.31. The molecule has 3 rings (SSSR count). The molecule has 2 aromatic rings. The van der Waals surface area contributed by atoms with Gasteiger partial charge in [0.25, 0.3) is 5.89 Å². The summed E-state index contributed by atoms with van der Waals surface area (Å²) in [6.45, 7) is 7.23. The van der Waals surface area contributed by atoms with Crippen LogP contribution < -0.4 is 10.2 Å². The lowest BCUT2D eigenvalue weighted by molar-refractivity contribution is -0.124. The minimum absolute atomic E-state index is 0.00726. The van der Waals surface area contributed by atoms with Crippen LogP contribution in [-0.4, -0.2) is 40.2 Å². The van der Waals surface area contributed by atoms with Crippen LogP contribution in [0.3, 0.4) is 0 Å². The van der Waals surface area contributed by atoms with E-state index in [-0.39, 0.29) is 17.9 Å². The van der Waals surface area contributed by atoms with E-state index in [1.807, 2.05) is 26.0 Å². The van der Waals surface area contributed by atoms with Gasteiger partial charge in [-0.15, -0.1) is 0 Å². The van der Waals surface area contributed by atoms with Crippen LogP contribution in [0.15, 0.2) is 22.9 Å².